The Labute approximate surface area is 105 Å². The summed E-state index contributed by atoms with van der Waals surface area (Å²) in [5, 5.41) is 12.9. The van der Waals surface area contributed by atoms with Crippen molar-refractivity contribution in [1.29, 1.82) is 0 Å². The van der Waals surface area contributed by atoms with Gasteiger partial charge in [-0.25, -0.2) is 0 Å². The van der Waals surface area contributed by atoms with Crippen molar-refractivity contribution in [3.63, 3.8) is 0 Å². The summed E-state index contributed by atoms with van der Waals surface area (Å²) in [6, 6.07) is 3.61. The normalized spacial score (nSPS) is 12.6. The smallest absolute Gasteiger partial charge is 0.139 e. The lowest BCUT2D eigenvalue weighted by Gasteiger charge is -2.18. The molecule has 0 amide bonds. The van der Waals surface area contributed by atoms with Crippen molar-refractivity contribution in [2.45, 2.75) is 12.5 Å². The van der Waals surface area contributed by atoms with E-state index in [0.717, 1.165) is 5.56 Å². The van der Waals surface area contributed by atoms with Crippen molar-refractivity contribution in [1.82, 2.24) is 5.32 Å². The van der Waals surface area contributed by atoms with Crippen molar-refractivity contribution in [2.75, 3.05) is 20.8 Å². The molecule has 0 spiro atoms. The molecule has 1 rings (SSSR count). The summed E-state index contributed by atoms with van der Waals surface area (Å²) >= 11 is 12.2. The highest BCUT2D eigenvalue weighted by Gasteiger charge is 2.16. The number of aliphatic hydroxyl groups is 1. The summed E-state index contributed by atoms with van der Waals surface area (Å²) in [5.74, 6) is 0.550. The van der Waals surface area contributed by atoms with Crippen molar-refractivity contribution >= 4 is 23.2 Å². The first kappa shape index (κ1) is 13.6. The van der Waals surface area contributed by atoms with Gasteiger partial charge in [-0.1, -0.05) is 29.3 Å². The third-order valence-corrected chi connectivity index (χ3v) is 3.32. The summed E-state index contributed by atoms with van der Waals surface area (Å²) < 4.78 is 5.07. The Morgan fingerprint density at radius 1 is 1.38 bits per heavy atom. The van der Waals surface area contributed by atoms with Crippen LogP contribution >= 0.6 is 23.2 Å². The van der Waals surface area contributed by atoms with Crippen LogP contribution in [-0.4, -0.2) is 25.9 Å². The Morgan fingerprint density at radius 3 is 2.56 bits per heavy atom. The van der Waals surface area contributed by atoms with E-state index in [1.165, 1.54) is 0 Å². The van der Waals surface area contributed by atoms with E-state index in [0.29, 0.717) is 22.2 Å². The molecule has 0 radical (unpaired) electrons. The van der Waals surface area contributed by atoms with Crippen molar-refractivity contribution in [3.05, 3.63) is 27.7 Å². The van der Waals surface area contributed by atoms with Gasteiger partial charge in [-0.05, 0) is 25.1 Å². The maximum Gasteiger partial charge on any atom is 0.139 e. The third kappa shape index (κ3) is 2.80. The van der Waals surface area contributed by atoms with E-state index in [1.807, 2.05) is 13.1 Å². The average Bonchev–Trinajstić information content (AvgIpc) is 2.30. The monoisotopic (exact) mass is 263 g/mol. The van der Waals surface area contributed by atoms with E-state index >= 15 is 0 Å². The van der Waals surface area contributed by atoms with Crippen LogP contribution < -0.4 is 10.1 Å². The molecule has 0 aliphatic carbocycles. The third-order valence-electron chi connectivity index (χ3n) is 2.44. The van der Waals surface area contributed by atoms with Gasteiger partial charge in [0.25, 0.3) is 0 Å². The van der Waals surface area contributed by atoms with Gasteiger partial charge in [-0.2, -0.15) is 0 Å². The van der Waals surface area contributed by atoms with E-state index in [9.17, 15) is 0 Å². The molecular weight excluding hydrogens is 249 g/mol. The average molecular weight is 264 g/mol. The van der Waals surface area contributed by atoms with Crippen LogP contribution in [0.25, 0.3) is 0 Å². The SMILES string of the molecule is CNC(CCO)c1ccc(OC)c(Cl)c1Cl. The van der Waals surface area contributed by atoms with Crippen molar-refractivity contribution in [2.24, 2.45) is 0 Å². The highest BCUT2D eigenvalue weighted by molar-refractivity contribution is 6.43. The zero-order valence-electron chi connectivity index (χ0n) is 9.26. The zero-order chi connectivity index (χ0) is 12.1. The molecule has 0 fully saturated rings. The maximum atomic E-state index is 8.95. The van der Waals surface area contributed by atoms with Gasteiger partial charge >= 0.3 is 0 Å². The van der Waals surface area contributed by atoms with E-state index in [-0.39, 0.29) is 12.6 Å². The van der Waals surface area contributed by atoms with Gasteiger partial charge < -0.3 is 15.2 Å². The Balaban J connectivity index is 3.09. The first-order chi connectivity index (χ1) is 7.65. The molecule has 0 aromatic heterocycles. The molecule has 0 aliphatic rings. The lowest BCUT2D eigenvalue weighted by atomic mass is 10.0. The summed E-state index contributed by atoms with van der Waals surface area (Å²) in [7, 11) is 3.36. The minimum absolute atomic E-state index is 0.0130. The summed E-state index contributed by atoms with van der Waals surface area (Å²) in [5.41, 5.74) is 0.865. The molecule has 1 aromatic rings. The van der Waals surface area contributed by atoms with Crippen molar-refractivity contribution in [3.8, 4) is 5.75 Å². The van der Waals surface area contributed by atoms with Crippen LogP contribution in [0.3, 0.4) is 0 Å². The fraction of sp³-hybridized carbons (Fsp3) is 0.455. The number of hydrogen-bond donors (Lipinski definition) is 2. The number of rotatable bonds is 5. The highest BCUT2D eigenvalue weighted by atomic mass is 35.5. The van der Waals surface area contributed by atoms with Gasteiger partial charge in [0.05, 0.1) is 12.1 Å². The number of halogens is 2. The largest absolute Gasteiger partial charge is 0.495 e. The van der Waals surface area contributed by atoms with Gasteiger partial charge in [0.15, 0.2) is 0 Å². The maximum absolute atomic E-state index is 8.95. The Bertz CT molecular complexity index is 358. The second-order valence-corrected chi connectivity index (χ2v) is 4.09. The van der Waals surface area contributed by atoms with Crippen LogP contribution in [0.2, 0.25) is 10.0 Å². The molecule has 1 atom stereocenters. The van der Waals surface area contributed by atoms with Crippen LogP contribution in [0.5, 0.6) is 5.75 Å². The molecule has 0 aliphatic heterocycles. The Hall–Kier alpha value is -0.480. The summed E-state index contributed by atoms with van der Waals surface area (Å²) in [6.07, 6.45) is 0.582. The molecule has 0 saturated carbocycles. The molecule has 2 N–H and O–H groups in total. The quantitative estimate of drug-likeness (QED) is 0.859. The van der Waals surface area contributed by atoms with Gasteiger partial charge in [0, 0.05) is 12.6 Å². The Kier molecular flexibility index (Phi) is 5.35. The Morgan fingerprint density at radius 2 is 2.06 bits per heavy atom. The van der Waals surface area contributed by atoms with Crippen LogP contribution in [0.4, 0.5) is 0 Å². The minimum Gasteiger partial charge on any atom is -0.495 e. The van der Waals surface area contributed by atoms with Gasteiger partial charge in [-0.3, -0.25) is 0 Å². The van der Waals surface area contributed by atoms with Crippen LogP contribution in [0.15, 0.2) is 12.1 Å². The molecule has 3 nitrogen and oxygen atoms in total. The van der Waals surface area contributed by atoms with Gasteiger partial charge in [0.1, 0.15) is 10.8 Å². The number of aliphatic hydroxyl groups excluding tert-OH is 1. The minimum atomic E-state index is -0.0130. The molecule has 16 heavy (non-hydrogen) atoms. The summed E-state index contributed by atoms with van der Waals surface area (Å²) in [4.78, 5) is 0. The second-order valence-electron chi connectivity index (χ2n) is 3.34. The molecule has 0 saturated heterocycles. The second kappa shape index (κ2) is 6.30. The van der Waals surface area contributed by atoms with E-state index in [2.05, 4.69) is 5.32 Å². The number of nitrogens with one attached hydrogen (secondary N) is 1. The van der Waals surface area contributed by atoms with E-state index in [4.69, 9.17) is 33.0 Å². The number of methoxy groups -OCH3 is 1. The fourth-order valence-electron chi connectivity index (χ4n) is 1.56. The molecule has 1 unspecified atom stereocenters. The van der Waals surface area contributed by atoms with Gasteiger partial charge in [0.2, 0.25) is 0 Å². The number of ether oxygens (including phenoxy) is 1. The van der Waals surface area contributed by atoms with E-state index < -0.39 is 0 Å². The molecule has 0 heterocycles. The molecule has 5 heteroatoms. The molecule has 0 bridgehead atoms. The predicted octanol–water partition coefficient (Wildman–Crippen LogP) is 2.64. The fourth-order valence-corrected chi connectivity index (χ4v) is 2.09. The first-order valence-corrected chi connectivity index (χ1v) is 5.71. The predicted molar refractivity (Wildman–Crippen MR) is 66.5 cm³/mol. The van der Waals surface area contributed by atoms with Crippen LogP contribution in [0, 0.1) is 0 Å². The first-order valence-electron chi connectivity index (χ1n) is 4.95. The highest BCUT2D eigenvalue weighted by Crippen LogP contribution is 2.37. The standard InChI is InChI=1S/C11H15Cl2NO2/c1-14-8(5-6-15)7-3-4-9(16-2)11(13)10(7)12/h3-4,8,14-15H,5-6H2,1-2H3. The molecule has 90 valence electrons. The lowest BCUT2D eigenvalue weighted by molar-refractivity contribution is 0.269. The zero-order valence-corrected chi connectivity index (χ0v) is 10.8. The van der Waals surface area contributed by atoms with Gasteiger partial charge in [-0.15, -0.1) is 0 Å². The summed E-state index contributed by atoms with van der Waals surface area (Å²) in [6.45, 7) is 0.0888. The molecular formula is C11H15Cl2NO2. The van der Waals surface area contributed by atoms with Crippen LogP contribution in [0.1, 0.15) is 18.0 Å². The molecule has 1 aromatic carbocycles. The van der Waals surface area contributed by atoms with Crippen molar-refractivity contribution < 1.29 is 9.84 Å². The lowest BCUT2D eigenvalue weighted by Crippen LogP contribution is -2.18. The topological polar surface area (TPSA) is 41.5 Å². The number of benzene rings is 1. The van der Waals surface area contributed by atoms with Crippen LogP contribution in [-0.2, 0) is 0 Å². The number of hydrogen-bond acceptors (Lipinski definition) is 3. The van der Waals surface area contributed by atoms with E-state index in [1.54, 1.807) is 13.2 Å².